The summed E-state index contributed by atoms with van der Waals surface area (Å²) in [7, 11) is 0. The number of hydrogen-bond acceptors (Lipinski definition) is 1. The van der Waals surface area contributed by atoms with E-state index in [4.69, 9.17) is 0 Å². The molecule has 1 aromatic carbocycles. The van der Waals surface area contributed by atoms with Gasteiger partial charge in [-0.2, -0.15) is 0 Å². The first kappa shape index (κ1) is 12.1. The summed E-state index contributed by atoms with van der Waals surface area (Å²) in [6.45, 7) is 10.7. The van der Waals surface area contributed by atoms with Gasteiger partial charge in [-0.1, -0.05) is 39.8 Å². The predicted molar refractivity (Wildman–Crippen MR) is 65.5 cm³/mol. The first-order chi connectivity index (χ1) is 6.94. The molecule has 0 aromatic heterocycles. The van der Waals surface area contributed by atoms with Gasteiger partial charge in [0.25, 0.3) is 0 Å². The minimum atomic E-state index is 0.0572. The molecule has 0 amide bonds. The van der Waals surface area contributed by atoms with Crippen molar-refractivity contribution < 1.29 is 5.11 Å². The normalized spacial score (nSPS) is 11.8. The van der Waals surface area contributed by atoms with Crippen molar-refractivity contribution >= 4 is 0 Å². The fourth-order valence-electron chi connectivity index (χ4n) is 1.92. The smallest absolute Gasteiger partial charge is 0.122 e. The molecule has 1 rings (SSSR count). The second kappa shape index (κ2) is 4.26. The molecule has 1 aromatic rings. The molecular weight excluding hydrogens is 184 g/mol. The number of aromatic hydroxyl groups is 1. The average molecular weight is 206 g/mol. The van der Waals surface area contributed by atoms with Crippen molar-refractivity contribution in [2.75, 3.05) is 0 Å². The Labute approximate surface area is 93.1 Å². The van der Waals surface area contributed by atoms with Crippen LogP contribution >= 0.6 is 0 Å². The zero-order valence-electron chi connectivity index (χ0n) is 10.5. The first-order valence-electron chi connectivity index (χ1n) is 5.76. The summed E-state index contributed by atoms with van der Waals surface area (Å²) >= 11 is 0. The van der Waals surface area contributed by atoms with Crippen LogP contribution in [-0.2, 0) is 11.8 Å². The van der Waals surface area contributed by atoms with Crippen LogP contribution < -0.4 is 0 Å². The number of aryl methyl sites for hydroxylation is 1. The Morgan fingerprint density at radius 1 is 1.20 bits per heavy atom. The lowest BCUT2D eigenvalue weighted by Crippen LogP contribution is -2.16. The Morgan fingerprint density at radius 2 is 1.80 bits per heavy atom. The maximum absolute atomic E-state index is 10.2. The van der Waals surface area contributed by atoms with Crippen LogP contribution in [0.25, 0.3) is 0 Å². The van der Waals surface area contributed by atoms with Crippen molar-refractivity contribution in [1.29, 1.82) is 0 Å². The van der Waals surface area contributed by atoms with E-state index in [0.29, 0.717) is 5.75 Å². The highest BCUT2D eigenvalue weighted by molar-refractivity contribution is 5.48. The Balaban J connectivity index is 3.34. The number of benzene rings is 1. The van der Waals surface area contributed by atoms with Crippen LogP contribution in [0.2, 0.25) is 0 Å². The summed E-state index contributed by atoms with van der Waals surface area (Å²) < 4.78 is 0. The number of hydrogen-bond donors (Lipinski definition) is 1. The van der Waals surface area contributed by atoms with Crippen molar-refractivity contribution in [3.05, 3.63) is 28.8 Å². The Hall–Kier alpha value is -0.980. The molecule has 1 heteroatoms. The molecule has 0 bridgehead atoms. The van der Waals surface area contributed by atoms with Gasteiger partial charge in [-0.3, -0.25) is 0 Å². The van der Waals surface area contributed by atoms with Gasteiger partial charge in [-0.25, -0.2) is 0 Å². The molecule has 0 aliphatic rings. The third-order valence-corrected chi connectivity index (χ3v) is 3.48. The largest absolute Gasteiger partial charge is 0.507 e. The first-order valence-corrected chi connectivity index (χ1v) is 5.76. The second-order valence-electron chi connectivity index (χ2n) is 4.85. The van der Waals surface area contributed by atoms with E-state index in [-0.39, 0.29) is 5.41 Å². The number of phenolic OH excluding ortho intramolecular Hbond substituents is 1. The lowest BCUT2D eigenvalue weighted by Gasteiger charge is -2.26. The average Bonchev–Trinajstić information content (AvgIpc) is 2.18. The molecular formula is C14H22O. The van der Waals surface area contributed by atoms with Crippen LogP contribution in [-0.4, -0.2) is 5.11 Å². The van der Waals surface area contributed by atoms with Gasteiger partial charge in [0.2, 0.25) is 0 Å². The lowest BCUT2D eigenvalue weighted by atomic mass is 9.80. The van der Waals surface area contributed by atoms with Crippen molar-refractivity contribution in [2.24, 2.45) is 0 Å². The van der Waals surface area contributed by atoms with Crippen LogP contribution in [0, 0.1) is 6.92 Å². The summed E-state index contributed by atoms with van der Waals surface area (Å²) in [5, 5.41) is 10.2. The van der Waals surface area contributed by atoms with Gasteiger partial charge in [0, 0.05) is 0 Å². The van der Waals surface area contributed by atoms with Gasteiger partial charge >= 0.3 is 0 Å². The van der Waals surface area contributed by atoms with Crippen molar-refractivity contribution in [1.82, 2.24) is 0 Å². The maximum Gasteiger partial charge on any atom is 0.122 e. The summed E-state index contributed by atoms with van der Waals surface area (Å²) in [6.07, 6.45) is 1.93. The summed E-state index contributed by atoms with van der Waals surface area (Å²) in [5.41, 5.74) is 3.41. The summed E-state index contributed by atoms with van der Waals surface area (Å²) in [5.74, 6) is 0.504. The topological polar surface area (TPSA) is 20.2 Å². The van der Waals surface area contributed by atoms with E-state index in [1.165, 1.54) is 5.56 Å². The van der Waals surface area contributed by atoms with Crippen LogP contribution in [0.5, 0.6) is 5.75 Å². The Kier molecular flexibility index (Phi) is 3.43. The molecule has 1 N–H and O–H groups in total. The molecule has 0 fully saturated rings. The highest BCUT2D eigenvalue weighted by Gasteiger charge is 2.23. The highest BCUT2D eigenvalue weighted by Crippen LogP contribution is 2.37. The minimum absolute atomic E-state index is 0.0572. The predicted octanol–water partition coefficient (Wildman–Crippen LogP) is 3.95. The molecule has 15 heavy (non-hydrogen) atoms. The van der Waals surface area contributed by atoms with E-state index in [1.54, 1.807) is 0 Å². The summed E-state index contributed by atoms with van der Waals surface area (Å²) in [4.78, 5) is 0. The molecule has 84 valence electrons. The van der Waals surface area contributed by atoms with Crippen molar-refractivity contribution in [3.8, 4) is 5.75 Å². The van der Waals surface area contributed by atoms with E-state index < -0.39 is 0 Å². The maximum atomic E-state index is 10.2. The molecule has 0 saturated carbocycles. The molecule has 0 aliphatic heterocycles. The molecule has 0 heterocycles. The van der Waals surface area contributed by atoms with Crippen LogP contribution in [0.15, 0.2) is 12.1 Å². The zero-order chi connectivity index (χ0) is 11.6. The second-order valence-corrected chi connectivity index (χ2v) is 4.85. The van der Waals surface area contributed by atoms with Crippen LogP contribution in [0.4, 0.5) is 0 Å². The van der Waals surface area contributed by atoms with E-state index in [0.717, 1.165) is 24.0 Å². The van der Waals surface area contributed by atoms with Gasteiger partial charge in [0.1, 0.15) is 5.75 Å². The van der Waals surface area contributed by atoms with Gasteiger partial charge < -0.3 is 5.11 Å². The zero-order valence-corrected chi connectivity index (χ0v) is 10.5. The third kappa shape index (κ3) is 2.17. The Bertz CT molecular complexity index is 351. The molecule has 1 nitrogen and oxygen atoms in total. The monoisotopic (exact) mass is 206 g/mol. The van der Waals surface area contributed by atoms with Crippen LogP contribution in [0.1, 0.15) is 50.8 Å². The van der Waals surface area contributed by atoms with E-state index in [1.807, 2.05) is 0 Å². The van der Waals surface area contributed by atoms with Gasteiger partial charge in [0.05, 0.1) is 0 Å². The molecule has 0 saturated heterocycles. The number of rotatable bonds is 3. The Morgan fingerprint density at radius 3 is 2.27 bits per heavy atom. The number of phenols is 1. The molecule has 0 aliphatic carbocycles. The minimum Gasteiger partial charge on any atom is -0.507 e. The molecule has 0 unspecified atom stereocenters. The highest BCUT2D eigenvalue weighted by atomic mass is 16.3. The molecule has 0 atom stereocenters. The quantitative estimate of drug-likeness (QED) is 0.794. The lowest BCUT2D eigenvalue weighted by molar-refractivity contribution is 0.423. The van der Waals surface area contributed by atoms with Crippen molar-refractivity contribution in [2.45, 2.75) is 52.9 Å². The fourth-order valence-corrected chi connectivity index (χ4v) is 1.92. The fraction of sp³-hybridized carbons (Fsp3) is 0.571. The summed E-state index contributed by atoms with van der Waals surface area (Å²) in [6, 6.07) is 4.18. The van der Waals surface area contributed by atoms with Crippen LogP contribution in [0.3, 0.4) is 0 Å². The van der Waals surface area contributed by atoms with E-state index in [2.05, 4.69) is 46.8 Å². The van der Waals surface area contributed by atoms with Gasteiger partial charge in [-0.15, -0.1) is 0 Å². The van der Waals surface area contributed by atoms with Crippen molar-refractivity contribution in [3.63, 3.8) is 0 Å². The standard InChI is InChI=1S/C14H22O/c1-6-11-10(3)8-9-12(13(11)15)14(4,5)7-2/h8-9,15H,6-7H2,1-5H3. The van der Waals surface area contributed by atoms with Gasteiger partial charge in [0.15, 0.2) is 0 Å². The molecule has 0 spiro atoms. The van der Waals surface area contributed by atoms with E-state index >= 15 is 0 Å². The SMILES string of the molecule is CCc1c(C)ccc(C(C)(C)CC)c1O. The van der Waals surface area contributed by atoms with Gasteiger partial charge in [-0.05, 0) is 41.9 Å². The third-order valence-electron chi connectivity index (χ3n) is 3.48. The van der Waals surface area contributed by atoms with E-state index in [9.17, 15) is 5.11 Å². The molecule has 0 radical (unpaired) electrons.